The van der Waals surface area contributed by atoms with Gasteiger partial charge in [0.2, 0.25) is 0 Å². The highest BCUT2D eigenvalue weighted by atomic mass is 35.5. The number of hydrogen-bond donors (Lipinski definition) is 3. The number of fused-ring (bicyclic) bond motifs is 1. The summed E-state index contributed by atoms with van der Waals surface area (Å²) in [6, 6.07) is 5.90. The zero-order valence-electron chi connectivity index (χ0n) is 21.7. The van der Waals surface area contributed by atoms with E-state index in [1.807, 2.05) is 0 Å². The second-order valence-corrected chi connectivity index (χ2v) is 9.89. The van der Waals surface area contributed by atoms with E-state index >= 15 is 0 Å². The first kappa shape index (κ1) is 28.2. The summed E-state index contributed by atoms with van der Waals surface area (Å²) in [7, 11) is 0. The van der Waals surface area contributed by atoms with Crippen molar-refractivity contribution in [3.05, 3.63) is 59.6 Å². The summed E-state index contributed by atoms with van der Waals surface area (Å²) in [6.07, 6.45) is 7.43. The van der Waals surface area contributed by atoms with Crippen LogP contribution in [0.5, 0.6) is 5.75 Å². The molecular formula is C26H27ClF2N8O4. The number of likely N-dealkylation sites (tertiary alicyclic amines) is 1. The number of amides is 2. The lowest BCUT2D eigenvalue weighted by Gasteiger charge is -2.32. The number of anilines is 1. The molecule has 4 aromatic rings. The molecule has 2 amide bonds. The SMILES string of the molecule is O=C(O)NCCCN1CCC(n2cc(NC(=O)c3cnn4cccnc34)c(-c3cc(Cl)ccc3OC(F)F)n2)CC1. The van der Waals surface area contributed by atoms with Crippen LogP contribution in [0.4, 0.5) is 19.3 Å². The van der Waals surface area contributed by atoms with Gasteiger partial charge >= 0.3 is 12.7 Å². The van der Waals surface area contributed by atoms with Crippen LogP contribution in [0.3, 0.4) is 0 Å². The van der Waals surface area contributed by atoms with Gasteiger partial charge in [0.25, 0.3) is 5.91 Å². The van der Waals surface area contributed by atoms with Gasteiger partial charge in [-0.1, -0.05) is 11.6 Å². The molecule has 41 heavy (non-hydrogen) atoms. The van der Waals surface area contributed by atoms with E-state index in [2.05, 4.69) is 25.6 Å². The van der Waals surface area contributed by atoms with Crippen LogP contribution >= 0.6 is 11.6 Å². The Hall–Kier alpha value is -4.30. The number of benzene rings is 1. The van der Waals surface area contributed by atoms with Gasteiger partial charge in [-0.25, -0.2) is 14.3 Å². The van der Waals surface area contributed by atoms with E-state index in [9.17, 15) is 18.4 Å². The van der Waals surface area contributed by atoms with Crippen LogP contribution in [0.25, 0.3) is 16.9 Å². The Bertz CT molecular complexity index is 1540. The summed E-state index contributed by atoms with van der Waals surface area (Å²) in [5.41, 5.74) is 1.30. The fraction of sp³-hybridized carbons (Fsp3) is 0.346. The van der Waals surface area contributed by atoms with Crippen LogP contribution in [-0.2, 0) is 0 Å². The first-order valence-electron chi connectivity index (χ1n) is 12.9. The Kier molecular flexibility index (Phi) is 8.59. The van der Waals surface area contributed by atoms with E-state index in [4.69, 9.17) is 26.5 Å². The summed E-state index contributed by atoms with van der Waals surface area (Å²) in [4.78, 5) is 30.4. The van der Waals surface area contributed by atoms with E-state index in [-0.39, 0.29) is 39.3 Å². The van der Waals surface area contributed by atoms with Crippen molar-refractivity contribution in [3.8, 4) is 17.0 Å². The summed E-state index contributed by atoms with van der Waals surface area (Å²) < 4.78 is 34.4. The van der Waals surface area contributed by atoms with Crippen molar-refractivity contribution >= 4 is 34.9 Å². The smallest absolute Gasteiger partial charge is 0.404 e. The number of piperidine rings is 1. The van der Waals surface area contributed by atoms with Gasteiger partial charge in [-0.05, 0) is 50.1 Å². The molecular weight excluding hydrogens is 562 g/mol. The van der Waals surface area contributed by atoms with Crippen LogP contribution in [0.15, 0.2) is 49.1 Å². The zero-order chi connectivity index (χ0) is 28.9. The lowest BCUT2D eigenvalue weighted by molar-refractivity contribution is -0.0494. The highest BCUT2D eigenvalue weighted by Gasteiger charge is 2.26. The third kappa shape index (κ3) is 6.72. The maximum Gasteiger partial charge on any atom is 0.404 e. The molecule has 0 spiro atoms. The Morgan fingerprint density at radius 3 is 2.80 bits per heavy atom. The Balaban J connectivity index is 1.41. The molecule has 3 N–H and O–H groups in total. The van der Waals surface area contributed by atoms with Crippen LogP contribution in [0, 0.1) is 0 Å². The second kappa shape index (κ2) is 12.5. The number of alkyl halides is 2. The Labute approximate surface area is 237 Å². The molecule has 5 rings (SSSR count). The van der Waals surface area contributed by atoms with Gasteiger partial charge in [-0.3, -0.25) is 9.48 Å². The highest BCUT2D eigenvalue weighted by molar-refractivity contribution is 6.31. The lowest BCUT2D eigenvalue weighted by atomic mass is 10.1. The largest absolute Gasteiger partial charge is 0.465 e. The second-order valence-electron chi connectivity index (χ2n) is 9.45. The fourth-order valence-corrected chi connectivity index (χ4v) is 5.01. The van der Waals surface area contributed by atoms with Gasteiger partial charge in [0.1, 0.15) is 17.0 Å². The lowest BCUT2D eigenvalue weighted by Crippen LogP contribution is -2.36. The molecule has 3 aromatic heterocycles. The van der Waals surface area contributed by atoms with Gasteiger partial charge in [0, 0.05) is 48.8 Å². The van der Waals surface area contributed by atoms with Gasteiger partial charge in [0.15, 0.2) is 5.65 Å². The molecule has 0 saturated carbocycles. The summed E-state index contributed by atoms with van der Waals surface area (Å²) in [5.74, 6) is -0.629. The molecule has 1 fully saturated rings. The average molecular weight is 589 g/mol. The van der Waals surface area contributed by atoms with Crippen molar-refractivity contribution in [2.24, 2.45) is 0 Å². The van der Waals surface area contributed by atoms with Gasteiger partial charge in [0.05, 0.1) is 17.9 Å². The quantitative estimate of drug-likeness (QED) is 0.232. The fourth-order valence-electron chi connectivity index (χ4n) is 4.84. The van der Waals surface area contributed by atoms with E-state index in [1.165, 1.54) is 28.9 Å². The van der Waals surface area contributed by atoms with E-state index in [0.717, 1.165) is 32.5 Å². The molecule has 1 saturated heterocycles. The molecule has 1 aliphatic heterocycles. The van der Waals surface area contributed by atoms with Crippen molar-refractivity contribution in [2.45, 2.75) is 31.9 Å². The molecule has 0 unspecified atom stereocenters. The van der Waals surface area contributed by atoms with Gasteiger partial charge in [-0.2, -0.15) is 19.0 Å². The molecule has 0 bridgehead atoms. The monoisotopic (exact) mass is 588 g/mol. The Morgan fingerprint density at radius 1 is 1.24 bits per heavy atom. The Morgan fingerprint density at radius 2 is 2.05 bits per heavy atom. The number of carboxylic acid groups (broad SMARTS) is 1. The molecule has 12 nitrogen and oxygen atoms in total. The number of carbonyl (C=O) groups excluding carboxylic acids is 1. The van der Waals surface area contributed by atoms with E-state index < -0.39 is 18.6 Å². The summed E-state index contributed by atoms with van der Waals surface area (Å²) in [6.45, 7) is -0.413. The van der Waals surface area contributed by atoms with Crippen molar-refractivity contribution in [1.82, 2.24) is 34.6 Å². The number of nitrogens with one attached hydrogen (secondary N) is 2. The van der Waals surface area contributed by atoms with Crippen LogP contribution in [-0.4, -0.2) is 79.2 Å². The van der Waals surface area contributed by atoms with Crippen molar-refractivity contribution in [1.29, 1.82) is 0 Å². The number of nitrogens with zero attached hydrogens (tertiary/aromatic N) is 6. The molecule has 1 aliphatic rings. The molecule has 0 aliphatic carbocycles. The van der Waals surface area contributed by atoms with E-state index in [1.54, 1.807) is 29.3 Å². The normalized spacial score (nSPS) is 14.4. The minimum absolute atomic E-state index is 0.0231. The topological polar surface area (TPSA) is 139 Å². The maximum atomic E-state index is 13.3. The first-order chi connectivity index (χ1) is 19.8. The third-order valence-corrected chi connectivity index (χ3v) is 7.01. The molecule has 1 aromatic carbocycles. The number of rotatable bonds is 10. The molecule has 15 heteroatoms. The maximum absolute atomic E-state index is 13.3. The van der Waals surface area contributed by atoms with Gasteiger partial charge in [-0.15, -0.1) is 0 Å². The van der Waals surface area contributed by atoms with E-state index in [0.29, 0.717) is 18.6 Å². The predicted octanol–water partition coefficient (Wildman–Crippen LogP) is 4.39. The predicted molar refractivity (Wildman–Crippen MR) is 146 cm³/mol. The van der Waals surface area contributed by atoms with Crippen molar-refractivity contribution in [3.63, 3.8) is 0 Å². The van der Waals surface area contributed by atoms with Crippen molar-refractivity contribution in [2.75, 3.05) is 31.5 Å². The van der Waals surface area contributed by atoms with Crippen molar-refractivity contribution < 1.29 is 28.2 Å². The molecule has 4 heterocycles. The third-order valence-electron chi connectivity index (χ3n) is 6.78. The number of ether oxygens (including phenoxy) is 1. The zero-order valence-corrected chi connectivity index (χ0v) is 22.5. The number of carbonyl (C=O) groups is 2. The minimum Gasteiger partial charge on any atom is -0.465 e. The molecule has 0 radical (unpaired) electrons. The minimum atomic E-state index is -3.07. The van der Waals surface area contributed by atoms with Crippen LogP contribution < -0.4 is 15.4 Å². The van der Waals surface area contributed by atoms with Crippen LogP contribution in [0.2, 0.25) is 5.02 Å². The number of aromatic nitrogens is 5. The highest BCUT2D eigenvalue weighted by Crippen LogP contribution is 2.38. The summed E-state index contributed by atoms with van der Waals surface area (Å²) >= 11 is 6.22. The standard InChI is InChI=1S/C26H27ClF2N8O4/c27-16-3-4-21(41-25(28)29)18(13-16)22-20(33-24(38)19-14-32-36-10-2-7-30-23(19)36)15-37(34-22)17-5-11-35(12-6-17)9-1-8-31-26(39)40/h2-4,7,10,13-15,17,25,31H,1,5-6,8-9,11-12H2,(H,33,38)(H,39,40). The summed E-state index contributed by atoms with van der Waals surface area (Å²) in [5, 5.41) is 23.1. The number of halogens is 3. The van der Waals surface area contributed by atoms with Crippen LogP contribution in [0.1, 0.15) is 35.7 Å². The average Bonchev–Trinajstić information content (AvgIpc) is 3.57. The van der Waals surface area contributed by atoms with Gasteiger partial charge < -0.3 is 25.4 Å². The first-order valence-corrected chi connectivity index (χ1v) is 13.3. The molecule has 0 atom stereocenters. The number of hydrogen-bond acceptors (Lipinski definition) is 7. The molecule has 216 valence electrons.